The average molecular weight is 262 g/mol. The molecule has 0 saturated carbocycles. The Kier molecular flexibility index (Phi) is 3.51. The summed E-state index contributed by atoms with van der Waals surface area (Å²) in [4.78, 5) is 2.57. The van der Waals surface area contributed by atoms with Crippen LogP contribution in [0, 0.1) is 5.92 Å². The first-order chi connectivity index (χ1) is 9.30. The van der Waals surface area contributed by atoms with E-state index in [4.69, 9.17) is 9.47 Å². The van der Waals surface area contributed by atoms with Crippen LogP contribution in [0.25, 0.3) is 0 Å². The summed E-state index contributed by atoms with van der Waals surface area (Å²) in [7, 11) is 3.34. The molecule has 4 heteroatoms. The lowest BCUT2D eigenvalue weighted by Gasteiger charge is -2.31. The minimum Gasteiger partial charge on any atom is -0.493 e. The van der Waals surface area contributed by atoms with Crippen molar-refractivity contribution < 1.29 is 9.47 Å². The van der Waals surface area contributed by atoms with E-state index in [-0.39, 0.29) is 0 Å². The zero-order valence-corrected chi connectivity index (χ0v) is 11.7. The third-order valence-corrected chi connectivity index (χ3v) is 4.37. The third-order valence-electron chi connectivity index (χ3n) is 4.37. The second-order valence-corrected chi connectivity index (χ2v) is 5.46. The molecule has 4 nitrogen and oxygen atoms in total. The Morgan fingerprint density at radius 1 is 1.11 bits per heavy atom. The molecule has 2 bridgehead atoms. The molecule has 1 aromatic rings. The number of methoxy groups -OCH3 is 2. The molecule has 0 aliphatic carbocycles. The third kappa shape index (κ3) is 2.50. The van der Waals surface area contributed by atoms with Crippen molar-refractivity contribution in [2.45, 2.75) is 18.9 Å². The number of nitrogens with zero attached hydrogens (tertiary/aromatic N) is 1. The van der Waals surface area contributed by atoms with Gasteiger partial charge in [-0.15, -0.1) is 0 Å². The molecule has 2 heterocycles. The van der Waals surface area contributed by atoms with E-state index in [1.165, 1.54) is 32.5 Å². The van der Waals surface area contributed by atoms with Gasteiger partial charge in [-0.25, -0.2) is 0 Å². The highest BCUT2D eigenvalue weighted by Gasteiger charge is 2.34. The number of piperidine rings is 1. The number of benzene rings is 1. The zero-order valence-electron chi connectivity index (χ0n) is 11.7. The van der Waals surface area contributed by atoms with Gasteiger partial charge in [-0.3, -0.25) is 0 Å². The van der Waals surface area contributed by atoms with Gasteiger partial charge in [-0.1, -0.05) is 0 Å². The van der Waals surface area contributed by atoms with E-state index in [1.54, 1.807) is 14.2 Å². The quantitative estimate of drug-likeness (QED) is 0.902. The first-order valence-corrected chi connectivity index (χ1v) is 7.01. The molecule has 2 saturated heterocycles. The zero-order chi connectivity index (χ0) is 13.2. The molecule has 2 aliphatic heterocycles. The van der Waals surface area contributed by atoms with Crippen molar-refractivity contribution in [2.75, 3.05) is 39.2 Å². The minimum absolute atomic E-state index is 0.594. The Balaban J connectivity index is 1.72. The highest BCUT2D eigenvalue weighted by molar-refractivity contribution is 5.55. The molecule has 104 valence electrons. The fourth-order valence-corrected chi connectivity index (χ4v) is 3.28. The van der Waals surface area contributed by atoms with Gasteiger partial charge in [-0.2, -0.15) is 0 Å². The molecule has 0 amide bonds. The maximum atomic E-state index is 5.35. The van der Waals surface area contributed by atoms with Gasteiger partial charge < -0.3 is 19.7 Å². The molecular weight excluding hydrogens is 240 g/mol. The lowest BCUT2D eigenvalue weighted by Crippen LogP contribution is -2.39. The SMILES string of the molecule is COc1ccc(NC2CCN3CCC2C3)cc1OC. The number of nitrogens with one attached hydrogen (secondary N) is 1. The molecule has 2 aliphatic rings. The van der Waals surface area contributed by atoms with Gasteiger partial charge in [0.25, 0.3) is 0 Å². The van der Waals surface area contributed by atoms with Gasteiger partial charge in [0, 0.05) is 30.9 Å². The molecule has 1 aromatic carbocycles. The number of hydrogen-bond acceptors (Lipinski definition) is 4. The minimum atomic E-state index is 0.594. The van der Waals surface area contributed by atoms with Gasteiger partial charge in [0.2, 0.25) is 0 Å². The largest absolute Gasteiger partial charge is 0.493 e. The van der Waals surface area contributed by atoms with E-state index in [2.05, 4.69) is 16.3 Å². The summed E-state index contributed by atoms with van der Waals surface area (Å²) >= 11 is 0. The van der Waals surface area contributed by atoms with Crippen molar-refractivity contribution in [3.8, 4) is 11.5 Å². The summed E-state index contributed by atoms with van der Waals surface area (Å²) in [6, 6.07) is 6.66. The van der Waals surface area contributed by atoms with Crippen molar-refractivity contribution in [2.24, 2.45) is 5.92 Å². The van der Waals surface area contributed by atoms with Crippen molar-refractivity contribution in [1.82, 2.24) is 4.90 Å². The lowest BCUT2D eigenvalue weighted by atomic mass is 9.94. The average Bonchev–Trinajstić information content (AvgIpc) is 2.84. The molecule has 19 heavy (non-hydrogen) atoms. The van der Waals surface area contributed by atoms with E-state index >= 15 is 0 Å². The molecule has 2 fully saturated rings. The Bertz CT molecular complexity index is 450. The Morgan fingerprint density at radius 2 is 1.89 bits per heavy atom. The predicted molar refractivity (Wildman–Crippen MR) is 76.1 cm³/mol. The van der Waals surface area contributed by atoms with Crippen LogP contribution in [0.2, 0.25) is 0 Å². The summed E-state index contributed by atoms with van der Waals surface area (Å²) in [5.74, 6) is 2.36. The topological polar surface area (TPSA) is 33.7 Å². The number of fused-ring (bicyclic) bond motifs is 2. The van der Waals surface area contributed by atoms with Crippen LogP contribution in [0.3, 0.4) is 0 Å². The summed E-state index contributed by atoms with van der Waals surface area (Å²) in [6.07, 6.45) is 2.56. The van der Waals surface area contributed by atoms with E-state index < -0.39 is 0 Å². The molecule has 0 radical (unpaired) electrons. The standard InChI is InChI=1S/C15H22N2O2/c1-18-14-4-3-12(9-15(14)19-2)16-13-6-8-17-7-5-11(13)10-17/h3-4,9,11,13,16H,5-8,10H2,1-2H3. The van der Waals surface area contributed by atoms with Crippen LogP contribution in [0.1, 0.15) is 12.8 Å². The van der Waals surface area contributed by atoms with E-state index in [9.17, 15) is 0 Å². The summed E-state index contributed by atoms with van der Waals surface area (Å²) < 4.78 is 10.6. The Hall–Kier alpha value is -1.42. The van der Waals surface area contributed by atoms with Gasteiger partial charge in [0.05, 0.1) is 14.2 Å². The van der Waals surface area contributed by atoms with Crippen molar-refractivity contribution in [3.63, 3.8) is 0 Å². The van der Waals surface area contributed by atoms with Crippen LogP contribution in [0.4, 0.5) is 5.69 Å². The summed E-state index contributed by atoms with van der Waals surface area (Å²) in [6.45, 7) is 3.75. The van der Waals surface area contributed by atoms with Gasteiger partial charge >= 0.3 is 0 Å². The number of rotatable bonds is 4. The van der Waals surface area contributed by atoms with Crippen LogP contribution in [0.5, 0.6) is 11.5 Å². The van der Waals surface area contributed by atoms with Crippen LogP contribution in [0.15, 0.2) is 18.2 Å². The van der Waals surface area contributed by atoms with Gasteiger partial charge in [-0.05, 0) is 37.4 Å². The molecule has 0 spiro atoms. The van der Waals surface area contributed by atoms with E-state index in [0.29, 0.717) is 6.04 Å². The van der Waals surface area contributed by atoms with Crippen LogP contribution < -0.4 is 14.8 Å². The first kappa shape index (κ1) is 12.6. The monoisotopic (exact) mass is 262 g/mol. The smallest absolute Gasteiger partial charge is 0.162 e. The molecule has 3 rings (SSSR count). The summed E-state index contributed by atoms with van der Waals surface area (Å²) in [5, 5.41) is 3.67. The van der Waals surface area contributed by atoms with Gasteiger partial charge in [0.1, 0.15) is 0 Å². The number of anilines is 1. The fourth-order valence-electron chi connectivity index (χ4n) is 3.28. The Morgan fingerprint density at radius 3 is 2.68 bits per heavy atom. The molecule has 3 unspecified atom stereocenters. The first-order valence-electron chi connectivity index (χ1n) is 7.01. The second-order valence-electron chi connectivity index (χ2n) is 5.46. The van der Waals surface area contributed by atoms with Crippen molar-refractivity contribution >= 4 is 5.69 Å². The van der Waals surface area contributed by atoms with E-state index in [0.717, 1.165) is 23.1 Å². The highest BCUT2D eigenvalue weighted by Crippen LogP contribution is 2.33. The maximum Gasteiger partial charge on any atom is 0.162 e. The van der Waals surface area contributed by atoms with Crippen molar-refractivity contribution in [1.29, 1.82) is 0 Å². The normalized spacial score (nSPS) is 29.1. The lowest BCUT2D eigenvalue weighted by molar-refractivity contribution is 0.255. The molecular formula is C15H22N2O2. The van der Waals surface area contributed by atoms with Crippen LogP contribution in [-0.4, -0.2) is 44.8 Å². The molecule has 1 N–H and O–H groups in total. The fraction of sp³-hybridized carbons (Fsp3) is 0.600. The second kappa shape index (κ2) is 5.29. The molecule has 3 atom stereocenters. The van der Waals surface area contributed by atoms with E-state index in [1.807, 2.05) is 12.1 Å². The molecule has 0 aromatic heterocycles. The maximum absolute atomic E-state index is 5.35. The number of ether oxygens (including phenoxy) is 2. The number of hydrogen-bond donors (Lipinski definition) is 1. The van der Waals surface area contributed by atoms with Gasteiger partial charge in [0.15, 0.2) is 11.5 Å². The van der Waals surface area contributed by atoms with Crippen molar-refractivity contribution in [3.05, 3.63) is 18.2 Å². The predicted octanol–water partition coefficient (Wildman–Crippen LogP) is 2.21. The Labute approximate surface area is 114 Å². The van der Waals surface area contributed by atoms with Crippen LogP contribution >= 0.6 is 0 Å². The summed E-state index contributed by atoms with van der Waals surface area (Å²) in [5.41, 5.74) is 1.13. The van der Waals surface area contributed by atoms with Crippen LogP contribution in [-0.2, 0) is 0 Å². The highest BCUT2D eigenvalue weighted by atomic mass is 16.5.